The maximum atomic E-state index is 13.7. The van der Waals surface area contributed by atoms with Crippen LogP contribution in [0.2, 0.25) is 0 Å². The van der Waals surface area contributed by atoms with E-state index >= 15 is 0 Å². The van der Waals surface area contributed by atoms with Gasteiger partial charge in [0, 0.05) is 5.69 Å². The topological polar surface area (TPSA) is 105 Å². The maximum Gasteiger partial charge on any atom is 0.240 e. The second-order valence-electron chi connectivity index (χ2n) is 6.67. The normalized spacial score (nSPS) is 19.1. The average Bonchev–Trinajstić information content (AvgIpc) is 2.95. The SMILES string of the molecule is Cc1ccccc1CC(=O)Nc1ccc(N2N=CC(F)C2C)c(S(N)(=O)=O)c1. The van der Waals surface area contributed by atoms with Crippen molar-refractivity contribution in [2.45, 2.75) is 37.4 Å². The van der Waals surface area contributed by atoms with Gasteiger partial charge in [-0.15, -0.1) is 0 Å². The Bertz CT molecular complexity index is 1040. The van der Waals surface area contributed by atoms with Gasteiger partial charge in [-0.2, -0.15) is 5.10 Å². The van der Waals surface area contributed by atoms with Crippen molar-refractivity contribution in [1.29, 1.82) is 0 Å². The maximum absolute atomic E-state index is 13.7. The van der Waals surface area contributed by atoms with Crippen molar-refractivity contribution < 1.29 is 17.6 Å². The van der Waals surface area contributed by atoms with Crippen LogP contribution in [0.15, 0.2) is 52.5 Å². The third-order valence-corrected chi connectivity index (χ3v) is 5.53. The van der Waals surface area contributed by atoms with E-state index in [4.69, 9.17) is 5.14 Å². The van der Waals surface area contributed by atoms with Crippen molar-refractivity contribution in [2.75, 3.05) is 10.3 Å². The number of alkyl halides is 1. The predicted molar refractivity (Wildman–Crippen MR) is 107 cm³/mol. The molecule has 0 saturated heterocycles. The van der Waals surface area contributed by atoms with Crippen LogP contribution in [-0.4, -0.2) is 32.8 Å². The summed E-state index contributed by atoms with van der Waals surface area (Å²) in [5, 5.41) is 13.2. The van der Waals surface area contributed by atoms with Crippen LogP contribution in [0.1, 0.15) is 18.1 Å². The zero-order valence-corrected chi connectivity index (χ0v) is 16.3. The summed E-state index contributed by atoms with van der Waals surface area (Å²) in [6.45, 7) is 3.49. The molecule has 7 nitrogen and oxygen atoms in total. The van der Waals surface area contributed by atoms with Crippen LogP contribution in [0.5, 0.6) is 0 Å². The number of nitrogens with zero attached hydrogens (tertiary/aromatic N) is 2. The van der Waals surface area contributed by atoms with E-state index in [0.29, 0.717) is 0 Å². The number of aryl methyl sites for hydroxylation is 1. The lowest BCUT2D eigenvalue weighted by Gasteiger charge is -2.23. The second kappa shape index (κ2) is 7.69. The van der Waals surface area contributed by atoms with Crippen LogP contribution in [0.25, 0.3) is 0 Å². The Morgan fingerprint density at radius 3 is 2.61 bits per heavy atom. The molecular formula is C19H21FN4O3S. The van der Waals surface area contributed by atoms with Crippen molar-refractivity contribution in [3.63, 3.8) is 0 Å². The van der Waals surface area contributed by atoms with Crippen LogP contribution >= 0.6 is 0 Å². The molecule has 2 aromatic rings. The number of anilines is 2. The molecule has 1 aliphatic rings. The Labute approximate surface area is 163 Å². The monoisotopic (exact) mass is 404 g/mol. The molecule has 1 heterocycles. The molecule has 1 aliphatic heterocycles. The summed E-state index contributed by atoms with van der Waals surface area (Å²) in [5.74, 6) is -0.293. The molecule has 1 amide bonds. The summed E-state index contributed by atoms with van der Waals surface area (Å²) in [5.41, 5.74) is 2.29. The number of nitrogens with two attached hydrogens (primary N) is 1. The van der Waals surface area contributed by atoms with Gasteiger partial charge >= 0.3 is 0 Å². The van der Waals surface area contributed by atoms with Gasteiger partial charge in [0.05, 0.1) is 24.4 Å². The summed E-state index contributed by atoms with van der Waals surface area (Å²) in [7, 11) is -4.13. The molecule has 0 aliphatic carbocycles. The molecule has 9 heteroatoms. The third-order valence-electron chi connectivity index (χ3n) is 4.59. The van der Waals surface area contributed by atoms with Gasteiger partial charge < -0.3 is 5.32 Å². The first kappa shape index (κ1) is 20.0. The molecule has 0 aromatic heterocycles. The number of amides is 1. The summed E-state index contributed by atoms with van der Waals surface area (Å²) < 4.78 is 37.9. The summed E-state index contributed by atoms with van der Waals surface area (Å²) >= 11 is 0. The molecule has 2 atom stereocenters. The molecule has 2 unspecified atom stereocenters. The Hall–Kier alpha value is -2.78. The first-order valence-corrected chi connectivity index (χ1v) is 10.2. The molecule has 0 spiro atoms. The van der Waals surface area contributed by atoms with Crippen molar-refractivity contribution in [3.8, 4) is 0 Å². The highest BCUT2D eigenvalue weighted by Gasteiger charge is 2.31. The minimum Gasteiger partial charge on any atom is -0.326 e. The quantitative estimate of drug-likeness (QED) is 0.798. The smallest absolute Gasteiger partial charge is 0.240 e. The van der Waals surface area contributed by atoms with E-state index in [1.54, 1.807) is 6.92 Å². The Morgan fingerprint density at radius 1 is 1.29 bits per heavy atom. The van der Waals surface area contributed by atoms with Crippen molar-refractivity contribution in [1.82, 2.24) is 0 Å². The van der Waals surface area contributed by atoms with E-state index in [9.17, 15) is 17.6 Å². The van der Waals surface area contributed by atoms with E-state index < -0.39 is 22.2 Å². The fourth-order valence-corrected chi connectivity index (χ4v) is 3.72. The number of hydrogen-bond donors (Lipinski definition) is 2. The van der Waals surface area contributed by atoms with E-state index in [1.165, 1.54) is 23.2 Å². The molecule has 148 valence electrons. The number of carbonyl (C=O) groups is 1. The first-order valence-electron chi connectivity index (χ1n) is 8.65. The van der Waals surface area contributed by atoms with Gasteiger partial charge in [-0.05, 0) is 43.2 Å². The number of sulfonamides is 1. The largest absolute Gasteiger partial charge is 0.326 e. The molecule has 28 heavy (non-hydrogen) atoms. The lowest BCUT2D eigenvalue weighted by atomic mass is 10.1. The van der Waals surface area contributed by atoms with Gasteiger partial charge in [0.1, 0.15) is 4.90 Å². The minimum atomic E-state index is -4.13. The zero-order valence-electron chi connectivity index (χ0n) is 15.5. The summed E-state index contributed by atoms with van der Waals surface area (Å²) in [4.78, 5) is 12.1. The number of rotatable bonds is 5. The van der Waals surface area contributed by atoms with Gasteiger partial charge in [0.15, 0.2) is 6.17 Å². The molecule has 3 rings (SSSR count). The Morgan fingerprint density at radius 2 is 2.00 bits per heavy atom. The van der Waals surface area contributed by atoms with E-state index in [2.05, 4.69) is 10.4 Å². The molecule has 3 N–H and O–H groups in total. The highest BCUT2D eigenvalue weighted by atomic mass is 32.2. The minimum absolute atomic E-state index is 0.149. The zero-order chi connectivity index (χ0) is 20.5. The van der Waals surface area contributed by atoms with Gasteiger partial charge in [0.25, 0.3) is 0 Å². The predicted octanol–water partition coefficient (Wildman–Crippen LogP) is 2.36. The summed E-state index contributed by atoms with van der Waals surface area (Å²) in [6.07, 6.45) is -0.0622. The van der Waals surface area contributed by atoms with Crippen molar-refractivity contribution in [2.24, 2.45) is 10.2 Å². The van der Waals surface area contributed by atoms with Crippen LogP contribution < -0.4 is 15.5 Å². The van der Waals surface area contributed by atoms with Gasteiger partial charge in [-0.3, -0.25) is 9.80 Å². The fraction of sp³-hybridized carbons (Fsp3) is 0.263. The third kappa shape index (κ3) is 4.20. The molecular weight excluding hydrogens is 383 g/mol. The standard InChI is InChI=1S/C19H21FN4O3S/c1-12-5-3-4-6-14(12)9-19(25)23-15-7-8-17(18(10-15)28(21,26)27)24-13(2)16(20)11-22-24/h3-8,10-11,13,16H,9H2,1-2H3,(H,23,25)(H2,21,26,27). The number of nitrogens with one attached hydrogen (secondary N) is 1. The lowest BCUT2D eigenvalue weighted by molar-refractivity contribution is -0.115. The first-order chi connectivity index (χ1) is 13.2. The molecule has 0 saturated carbocycles. The highest BCUT2D eigenvalue weighted by Crippen LogP contribution is 2.32. The average molecular weight is 404 g/mol. The number of hydrogen-bond acceptors (Lipinski definition) is 5. The van der Waals surface area contributed by atoms with Gasteiger partial charge in [-0.1, -0.05) is 24.3 Å². The van der Waals surface area contributed by atoms with E-state index in [-0.39, 0.29) is 28.6 Å². The number of carbonyl (C=O) groups excluding carboxylic acids is 1. The highest BCUT2D eigenvalue weighted by molar-refractivity contribution is 7.89. The number of hydrazone groups is 1. The van der Waals surface area contributed by atoms with Crippen LogP contribution in [0, 0.1) is 6.92 Å². The van der Waals surface area contributed by atoms with Gasteiger partial charge in [-0.25, -0.2) is 17.9 Å². The molecule has 0 radical (unpaired) electrons. The van der Waals surface area contributed by atoms with Crippen LogP contribution in [0.4, 0.5) is 15.8 Å². The Balaban J connectivity index is 1.86. The summed E-state index contributed by atoms with van der Waals surface area (Å²) in [6, 6.07) is 11.1. The molecule has 0 fully saturated rings. The fourth-order valence-electron chi connectivity index (χ4n) is 2.98. The van der Waals surface area contributed by atoms with Gasteiger partial charge in [0.2, 0.25) is 15.9 Å². The molecule has 0 bridgehead atoms. The van der Waals surface area contributed by atoms with Crippen LogP contribution in [0.3, 0.4) is 0 Å². The van der Waals surface area contributed by atoms with Crippen LogP contribution in [-0.2, 0) is 21.2 Å². The number of primary sulfonamides is 1. The second-order valence-corrected chi connectivity index (χ2v) is 8.20. The molecule has 2 aromatic carbocycles. The van der Waals surface area contributed by atoms with E-state index in [0.717, 1.165) is 17.3 Å². The number of benzene rings is 2. The van der Waals surface area contributed by atoms with E-state index in [1.807, 2.05) is 31.2 Å². The lowest BCUT2D eigenvalue weighted by Crippen LogP contribution is -2.31. The number of halogens is 1. The van der Waals surface area contributed by atoms with Crippen molar-refractivity contribution >= 4 is 33.5 Å². The Kier molecular flexibility index (Phi) is 5.48. The van der Waals surface area contributed by atoms with Crippen molar-refractivity contribution in [3.05, 3.63) is 53.6 Å².